The number of rotatable bonds is 2. The molecule has 2 rings (SSSR count). The maximum atomic E-state index is 6.38. The fourth-order valence-corrected chi connectivity index (χ4v) is 3.12. The van der Waals surface area contributed by atoms with Crippen LogP contribution in [-0.4, -0.2) is 0 Å². The van der Waals surface area contributed by atoms with Crippen molar-refractivity contribution in [3.63, 3.8) is 0 Å². The predicted molar refractivity (Wildman–Crippen MR) is 77.2 cm³/mol. The highest BCUT2D eigenvalue weighted by atomic mass is 127. The third kappa shape index (κ3) is 2.98. The van der Waals surface area contributed by atoms with E-state index >= 15 is 0 Å². The van der Waals surface area contributed by atoms with Gasteiger partial charge in [0, 0.05) is 9.61 Å². The minimum absolute atomic E-state index is 0.236. The van der Waals surface area contributed by atoms with Gasteiger partial charge < -0.3 is 5.73 Å². The Kier molecular flexibility index (Phi) is 4.25. The van der Waals surface area contributed by atoms with Gasteiger partial charge in [-0.2, -0.15) is 0 Å². The first-order valence-electron chi connectivity index (χ1n) is 6.18. The monoisotopic (exact) mass is 329 g/mol. The van der Waals surface area contributed by atoms with Crippen LogP contribution in [0, 0.1) is 15.4 Å². The second-order valence-electron chi connectivity index (χ2n) is 5.11. The van der Waals surface area contributed by atoms with Crippen molar-refractivity contribution in [3.05, 3.63) is 33.4 Å². The van der Waals surface area contributed by atoms with Crippen LogP contribution >= 0.6 is 22.6 Å². The summed E-state index contributed by atoms with van der Waals surface area (Å²) in [6, 6.07) is 8.92. The molecule has 1 aliphatic carbocycles. The highest BCUT2D eigenvalue weighted by molar-refractivity contribution is 14.1. The van der Waals surface area contributed by atoms with Gasteiger partial charge in [-0.1, -0.05) is 31.9 Å². The molecule has 1 aromatic carbocycles. The Bertz CT molecular complexity index is 333. The Balaban J connectivity index is 2.06. The Hall–Kier alpha value is -0.0900. The molecular formula is C14H20IN. The minimum Gasteiger partial charge on any atom is -0.324 e. The lowest BCUT2D eigenvalue weighted by Crippen LogP contribution is -2.26. The largest absolute Gasteiger partial charge is 0.324 e. The smallest absolute Gasteiger partial charge is 0.0323 e. The van der Waals surface area contributed by atoms with Gasteiger partial charge in [0.1, 0.15) is 0 Å². The van der Waals surface area contributed by atoms with E-state index in [1.165, 1.54) is 34.8 Å². The summed E-state index contributed by atoms with van der Waals surface area (Å²) >= 11 is 2.34. The molecule has 16 heavy (non-hydrogen) atoms. The summed E-state index contributed by atoms with van der Waals surface area (Å²) in [5.74, 6) is 1.54. The molecule has 0 spiro atoms. The van der Waals surface area contributed by atoms with Crippen LogP contribution in [-0.2, 0) is 0 Å². The van der Waals surface area contributed by atoms with E-state index in [1.54, 1.807) is 0 Å². The Labute approximate surface area is 112 Å². The molecule has 88 valence electrons. The Morgan fingerprint density at radius 3 is 2.56 bits per heavy atom. The van der Waals surface area contributed by atoms with Gasteiger partial charge in [-0.15, -0.1) is 0 Å². The fourth-order valence-electron chi connectivity index (χ4n) is 2.76. The van der Waals surface area contributed by atoms with Crippen molar-refractivity contribution in [1.82, 2.24) is 0 Å². The molecule has 2 heteroatoms. The molecule has 1 aromatic rings. The van der Waals surface area contributed by atoms with Gasteiger partial charge in [-0.3, -0.25) is 0 Å². The Morgan fingerprint density at radius 2 is 1.94 bits per heavy atom. The molecule has 0 aromatic heterocycles. The molecule has 0 radical (unpaired) electrons. The van der Waals surface area contributed by atoms with Crippen LogP contribution in [0.1, 0.15) is 44.2 Å². The lowest BCUT2D eigenvalue weighted by molar-refractivity contribution is 0.248. The lowest BCUT2D eigenvalue weighted by Gasteiger charge is -2.31. The predicted octanol–water partition coefficient (Wildman–Crippen LogP) is 4.12. The first-order valence-corrected chi connectivity index (χ1v) is 7.25. The summed E-state index contributed by atoms with van der Waals surface area (Å²) in [5, 5.41) is 0. The summed E-state index contributed by atoms with van der Waals surface area (Å²) in [6.07, 6.45) is 5.34. The lowest BCUT2D eigenvalue weighted by atomic mass is 9.77. The second kappa shape index (κ2) is 5.50. The Morgan fingerprint density at radius 1 is 1.25 bits per heavy atom. The van der Waals surface area contributed by atoms with E-state index in [9.17, 15) is 0 Å². The van der Waals surface area contributed by atoms with Crippen molar-refractivity contribution in [2.45, 2.75) is 38.6 Å². The average molecular weight is 329 g/mol. The summed E-state index contributed by atoms with van der Waals surface area (Å²) in [4.78, 5) is 0. The van der Waals surface area contributed by atoms with E-state index in [-0.39, 0.29) is 6.04 Å². The van der Waals surface area contributed by atoms with Crippen LogP contribution in [0.4, 0.5) is 0 Å². The highest BCUT2D eigenvalue weighted by Gasteiger charge is 2.25. The molecule has 1 saturated carbocycles. The number of hydrogen-bond acceptors (Lipinski definition) is 1. The molecule has 1 nitrogen and oxygen atoms in total. The summed E-state index contributed by atoms with van der Waals surface area (Å²) in [5.41, 5.74) is 7.68. The molecule has 1 fully saturated rings. The zero-order chi connectivity index (χ0) is 11.5. The first kappa shape index (κ1) is 12.4. The topological polar surface area (TPSA) is 26.0 Å². The first-order chi connectivity index (χ1) is 7.66. The van der Waals surface area contributed by atoms with Gasteiger partial charge in [0.05, 0.1) is 0 Å². The highest BCUT2D eigenvalue weighted by Crippen LogP contribution is 2.35. The van der Waals surface area contributed by atoms with Gasteiger partial charge in [0.25, 0.3) is 0 Å². The minimum atomic E-state index is 0.236. The van der Waals surface area contributed by atoms with E-state index in [0.717, 1.165) is 5.92 Å². The van der Waals surface area contributed by atoms with E-state index < -0.39 is 0 Å². The van der Waals surface area contributed by atoms with Gasteiger partial charge >= 0.3 is 0 Å². The number of benzene rings is 1. The molecule has 0 saturated heterocycles. The van der Waals surface area contributed by atoms with Gasteiger partial charge in [-0.25, -0.2) is 0 Å². The van der Waals surface area contributed by atoms with Crippen molar-refractivity contribution < 1.29 is 0 Å². The van der Waals surface area contributed by atoms with Crippen LogP contribution in [0.2, 0.25) is 0 Å². The zero-order valence-corrected chi connectivity index (χ0v) is 12.0. The quantitative estimate of drug-likeness (QED) is 0.812. The van der Waals surface area contributed by atoms with Crippen LogP contribution in [0.5, 0.6) is 0 Å². The third-order valence-electron chi connectivity index (χ3n) is 3.74. The molecule has 0 amide bonds. The zero-order valence-electron chi connectivity index (χ0n) is 9.83. The third-order valence-corrected chi connectivity index (χ3v) is 4.46. The number of nitrogens with two attached hydrogens (primary N) is 1. The molecule has 0 heterocycles. The molecule has 0 bridgehead atoms. The summed E-state index contributed by atoms with van der Waals surface area (Å²) < 4.78 is 1.28. The average Bonchev–Trinajstić information content (AvgIpc) is 2.29. The summed E-state index contributed by atoms with van der Waals surface area (Å²) in [7, 11) is 0. The SMILES string of the molecule is CC1CCCC(C(N)c2ccc(I)cc2)C1. The molecule has 1 aliphatic rings. The van der Waals surface area contributed by atoms with E-state index in [2.05, 4.69) is 53.8 Å². The maximum Gasteiger partial charge on any atom is 0.0323 e. The van der Waals surface area contributed by atoms with E-state index in [4.69, 9.17) is 5.73 Å². The van der Waals surface area contributed by atoms with Crippen LogP contribution < -0.4 is 5.73 Å². The molecule has 3 atom stereocenters. The van der Waals surface area contributed by atoms with Gasteiger partial charge in [-0.05, 0) is 65.0 Å². The summed E-state index contributed by atoms with van der Waals surface area (Å²) in [6.45, 7) is 2.35. The molecular weight excluding hydrogens is 309 g/mol. The molecule has 2 N–H and O–H groups in total. The van der Waals surface area contributed by atoms with Crippen molar-refractivity contribution in [1.29, 1.82) is 0 Å². The molecule has 0 aliphatic heterocycles. The van der Waals surface area contributed by atoms with Crippen molar-refractivity contribution in [3.8, 4) is 0 Å². The van der Waals surface area contributed by atoms with Gasteiger partial charge in [0.15, 0.2) is 0 Å². The number of hydrogen-bond donors (Lipinski definition) is 1. The second-order valence-corrected chi connectivity index (χ2v) is 6.35. The van der Waals surface area contributed by atoms with Crippen molar-refractivity contribution in [2.75, 3.05) is 0 Å². The van der Waals surface area contributed by atoms with Crippen molar-refractivity contribution >= 4 is 22.6 Å². The fraction of sp³-hybridized carbons (Fsp3) is 0.571. The molecule has 3 unspecified atom stereocenters. The maximum absolute atomic E-state index is 6.38. The normalized spacial score (nSPS) is 27.7. The van der Waals surface area contributed by atoms with Crippen molar-refractivity contribution in [2.24, 2.45) is 17.6 Å². The number of halogens is 1. The standard InChI is InChI=1S/C14H20IN/c1-10-3-2-4-12(9-10)14(16)11-5-7-13(15)8-6-11/h5-8,10,12,14H,2-4,9,16H2,1H3. The van der Waals surface area contributed by atoms with Crippen LogP contribution in [0.25, 0.3) is 0 Å². The van der Waals surface area contributed by atoms with Crippen LogP contribution in [0.15, 0.2) is 24.3 Å². The van der Waals surface area contributed by atoms with Crippen LogP contribution in [0.3, 0.4) is 0 Å². The van der Waals surface area contributed by atoms with E-state index in [1.807, 2.05) is 0 Å². The van der Waals surface area contributed by atoms with E-state index in [0.29, 0.717) is 5.92 Å². The van der Waals surface area contributed by atoms with Gasteiger partial charge in [0.2, 0.25) is 0 Å².